The van der Waals surface area contributed by atoms with Crippen molar-refractivity contribution in [2.24, 2.45) is 5.92 Å². The molecule has 1 saturated heterocycles. The van der Waals surface area contributed by atoms with Crippen LogP contribution in [0, 0.1) is 5.92 Å². The van der Waals surface area contributed by atoms with Crippen molar-refractivity contribution in [2.75, 3.05) is 20.2 Å². The van der Waals surface area contributed by atoms with E-state index in [9.17, 15) is 0 Å². The second-order valence-electron chi connectivity index (χ2n) is 7.33. The van der Waals surface area contributed by atoms with Gasteiger partial charge in [-0.25, -0.2) is 0 Å². The van der Waals surface area contributed by atoms with Crippen LogP contribution in [0.2, 0.25) is 0 Å². The van der Waals surface area contributed by atoms with Crippen molar-refractivity contribution in [3.05, 3.63) is 66.4 Å². The summed E-state index contributed by atoms with van der Waals surface area (Å²) in [6.45, 7) is 4.38. The highest BCUT2D eigenvalue weighted by Crippen LogP contribution is 2.38. The Kier molecular flexibility index (Phi) is 4.75. The largest absolute Gasteiger partial charge is 0.374 e. The minimum absolute atomic E-state index is 0.234. The van der Waals surface area contributed by atoms with E-state index in [0.29, 0.717) is 5.92 Å². The molecule has 0 saturated carbocycles. The van der Waals surface area contributed by atoms with E-state index >= 15 is 0 Å². The molecule has 2 aromatic carbocycles. The number of nitrogens with one attached hydrogen (secondary N) is 1. The van der Waals surface area contributed by atoms with Crippen LogP contribution in [-0.4, -0.2) is 25.2 Å². The van der Waals surface area contributed by atoms with Crippen LogP contribution in [0.4, 0.5) is 0 Å². The first kappa shape index (κ1) is 17.2. The third-order valence-electron chi connectivity index (χ3n) is 5.92. The number of aromatic nitrogens is 1. The number of ether oxygens (including phenoxy) is 1. The lowest BCUT2D eigenvalue weighted by Crippen LogP contribution is -2.41. The van der Waals surface area contributed by atoms with Crippen molar-refractivity contribution in [1.82, 2.24) is 10.3 Å². The van der Waals surface area contributed by atoms with Gasteiger partial charge in [-0.15, -0.1) is 0 Å². The van der Waals surface area contributed by atoms with E-state index in [1.807, 2.05) is 25.4 Å². The molecule has 3 nitrogen and oxygen atoms in total. The first-order chi connectivity index (χ1) is 12.7. The molecule has 1 aliphatic heterocycles. The van der Waals surface area contributed by atoms with Gasteiger partial charge in [0.05, 0.1) is 11.1 Å². The third kappa shape index (κ3) is 3.13. The van der Waals surface area contributed by atoms with Gasteiger partial charge >= 0.3 is 0 Å². The molecule has 134 valence electrons. The summed E-state index contributed by atoms with van der Waals surface area (Å²) in [5, 5.41) is 4.62. The average molecular weight is 346 g/mol. The third-order valence-corrected chi connectivity index (χ3v) is 5.92. The lowest BCUT2D eigenvalue weighted by molar-refractivity contribution is -0.0586. The first-order valence-corrected chi connectivity index (χ1v) is 9.42. The summed E-state index contributed by atoms with van der Waals surface area (Å²) in [5.74, 6) is 0.543. The number of rotatable bonds is 4. The van der Waals surface area contributed by atoms with E-state index in [-0.39, 0.29) is 5.60 Å². The molecule has 1 aliphatic rings. The zero-order valence-electron chi connectivity index (χ0n) is 15.5. The van der Waals surface area contributed by atoms with Crippen molar-refractivity contribution < 1.29 is 4.74 Å². The monoisotopic (exact) mass is 346 g/mol. The van der Waals surface area contributed by atoms with Crippen LogP contribution in [0.1, 0.15) is 25.3 Å². The van der Waals surface area contributed by atoms with Crippen molar-refractivity contribution in [2.45, 2.75) is 25.4 Å². The van der Waals surface area contributed by atoms with E-state index in [4.69, 9.17) is 4.74 Å². The van der Waals surface area contributed by atoms with E-state index < -0.39 is 0 Å². The topological polar surface area (TPSA) is 34.1 Å². The molecule has 1 aromatic heterocycles. The molecule has 1 fully saturated rings. The van der Waals surface area contributed by atoms with Gasteiger partial charge in [0.15, 0.2) is 0 Å². The van der Waals surface area contributed by atoms with Crippen LogP contribution in [0.15, 0.2) is 60.8 Å². The van der Waals surface area contributed by atoms with Crippen molar-refractivity contribution in [3.8, 4) is 11.1 Å². The Bertz CT molecular complexity index is 884. The highest BCUT2D eigenvalue weighted by atomic mass is 16.5. The van der Waals surface area contributed by atoms with Gasteiger partial charge in [-0.05, 0) is 62.0 Å². The SMILES string of the molecule is COC(C)(c1ccc(-c2cnc3ccccc3c2)cc1)C1CCNCC1. The van der Waals surface area contributed by atoms with Crippen LogP contribution in [0.3, 0.4) is 0 Å². The van der Waals surface area contributed by atoms with E-state index in [1.165, 1.54) is 16.5 Å². The summed E-state index contributed by atoms with van der Waals surface area (Å²) in [4.78, 5) is 4.59. The quantitative estimate of drug-likeness (QED) is 0.739. The molecular formula is C23H26N2O. The van der Waals surface area contributed by atoms with Gasteiger partial charge in [-0.2, -0.15) is 0 Å². The molecule has 2 heterocycles. The summed E-state index contributed by atoms with van der Waals surface area (Å²) in [6, 6.07) is 19.3. The van der Waals surface area contributed by atoms with Crippen LogP contribution in [-0.2, 0) is 10.3 Å². The summed E-state index contributed by atoms with van der Waals surface area (Å²) in [7, 11) is 1.84. The number of hydrogen-bond donors (Lipinski definition) is 1. The first-order valence-electron chi connectivity index (χ1n) is 9.42. The zero-order chi connectivity index (χ0) is 18.0. The van der Waals surface area contributed by atoms with Gasteiger partial charge in [0, 0.05) is 24.3 Å². The van der Waals surface area contributed by atoms with Crippen molar-refractivity contribution in [3.63, 3.8) is 0 Å². The maximum atomic E-state index is 6.03. The molecule has 1 unspecified atom stereocenters. The van der Waals surface area contributed by atoms with Crippen molar-refractivity contribution in [1.29, 1.82) is 0 Å². The van der Waals surface area contributed by atoms with Gasteiger partial charge in [0.25, 0.3) is 0 Å². The number of pyridine rings is 1. The molecule has 3 heteroatoms. The van der Waals surface area contributed by atoms with Gasteiger partial charge in [-0.3, -0.25) is 4.98 Å². The molecule has 1 N–H and O–H groups in total. The van der Waals surface area contributed by atoms with Gasteiger partial charge in [0.2, 0.25) is 0 Å². The van der Waals surface area contributed by atoms with Crippen LogP contribution >= 0.6 is 0 Å². The number of piperidine rings is 1. The van der Waals surface area contributed by atoms with Gasteiger partial charge in [0.1, 0.15) is 0 Å². The normalized spacial score (nSPS) is 17.9. The van der Waals surface area contributed by atoms with Crippen LogP contribution in [0.25, 0.3) is 22.0 Å². The maximum Gasteiger partial charge on any atom is 0.0928 e. The number of para-hydroxylation sites is 1. The van der Waals surface area contributed by atoms with Gasteiger partial charge in [-0.1, -0.05) is 42.5 Å². The lowest BCUT2D eigenvalue weighted by atomic mass is 9.77. The highest BCUT2D eigenvalue weighted by Gasteiger charge is 2.36. The number of hydrogen-bond acceptors (Lipinski definition) is 3. The van der Waals surface area contributed by atoms with Gasteiger partial charge < -0.3 is 10.1 Å². The fraction of sp³-hybridized carbons (Fsp3) is 0.348. The summed E-state index contributed by atoms with van der Waals surface area (Å²) >= 11 is 0. The second kappa shape index (κ2) is 7.18. The molecule has 0 radical (unpaired) electrons. The summed E-state index contributed by atoms with van der Waals surface area (Å²) in [5.41, 5.74) is 4.39. The van der Waals surface area contributed by atoms with Crippen LogP contribution in [0.5, 0.6) is 0 Å². The lowest BCUT2D eigenvalue weighted by Gasteiger charge is -2.39. The molecule has 3 aromatic rings. The molecule has 1 atom stereocenters. The molecular weight excluding hydrogens is 320 g/mol. The Balaban J connectivity index is 1.64. The summed E-state index contributed by atoms with van der Waals surface area (Å²) in [6.07, 6.45) is 4.26. The van der Waals surface area contributed by atoms with E-state index in [2.05, 4.69) is 59.7 Å². The number of benzene rings is 2. The van der Waals surface area contributed by atoms with Crippen molar-refractivity contribution >= 4 is 10.9 Å². The standard InChI is InChI=1S/C23H26N2O/c1-23(26-2,21-11-13-24-14-12-21)20-9-7-17(8-10-20)19-15-18-5-3-4-6-22(18)25-16-19/h3-10,15-16,21,24H,11-14H2,1-2H3. The molecule has 0 amide bonds. The van der Waals surface area contributed by atoms with E-state index in [1.54, 1.807) is 0 Å². The summed E-state index contributed by atoms with van der Waals surface area (Å²) < 4.78 is 6.03. The minimum Gasteiger partial charge on any atom is -0.374 e. The number of nitrogens with zero attached hydrogens (tertiary/aromatic N) is 1. The molecule has 26 heavy (non-hydrogen) atoms. The maximum absolute atomic E-state index is 6.03. The predicted molar refractivity (Wildman–Crippen MR) is 107 cm³/mol. The predicted octanol–water partition coefficient (Wildman–Crippen LogP) is 4.76. The fourth-order valence-electron chi connectivity index (χ4n) is 4.12. The van der Waals surface area contributed by atoms with E-state index in [0.717, 1.165) is 37.0 Å². The Morgan fingerprint density at radius 1 is 1.00 bits per heavy atom. The fourth-order valence-corrected chi connectivity index (χ4v) is 4.12. The molecule has 0 bridgehead atoms. The second-order valence-corrected chi connectivity index (χ2v) is 7.33. The Morgan fingerprint density at radius 3 is 2.46 bits per heavy atom. The zero-order valence-corrected chi connectivity index (χ0v) is 15.5. The molecule has 0 aliphatic carbocycles. The highest BCUT2D eigenvalue weighted by molar-refractivity contribution is 5.83. The minimum atomic E-state index is -0.234. The molecule has 4 rings (SSSR count). The molecule has 0 spiro atoms. The number of fused-ring (bicyclic) bond motifs is 1. The Labute approximate surface area is 155 Å². The Morgan fingerprint density at radius 2 is 1.73 bits per heavy atom. The Hall–Kier alpha value is -2.23. The smallest absolute Gasteiger partial charge is 0.0928 e. The van der Waals surface area contributed by atoms with Crippen LogP contribution < -0.4 is 5.32 Å². The number of methoxy groups -OCH3 is 1. The average Bonchev–Trinajstić information content (AvgIpc) is 2.73.